The Kier molecular flexibility index (Phi) is 5.55. The van der Waals surface area contributed by atoms with E-state index in [-0.39, 0.29) is 5.75 Å². The van der Waals surface area contributed by atoms with Crippen LogP contribution in [0.1, 0.15) is 0 Å². The zero-order valence-electron chi connectivity index (χ0n) is 10.4. The normalized spacial score (nSPS) is 11.5. The largest absolute Gasteiger partial charge is 0.224 e. The average molecular weight is 392 g/mol. The van der Waals surface area contributed by atoms with Crippen LogP contribution in [0.15, 0.2) is 62.8 Å². The summed E-state index contributed by atoms with van der Waals surface area (Å²) < 4.78 is 25.1. The zero-order valence-corrected chi connectivity index (χ0v) is 14.4. The lowest BCUT2D eigenvalue weighted by atomic mass is 10.4. The third-order valence-corrected chi connectivity index (χ3v) is 6.39. The lowest BCUT2D eigenvalue weighted by Gasteiger charge is -2.05. The molecule has 0 fully saturated rings. The maximum Gasteiger partial charge on any atom is 0.179 e. The first kappa shape index (κ1) is 15.9. The molecule has 0 atom stereocenters. The molecule has 0 heterocycles. The zero-order chi connectivity index (χ0) is 14.6. The summed E-state index contributed by atoms with van der Waals surface area (Å²) in [6.45, 7) is 0. The molecule has 6 heteroatoms. The van der Waals surface area contributed by atoms with Gasteiger partial charge in [0, 0.05) is 20.1 Å². The third-order valence-electron chi connectivity index (χ3n) is 2.61. The van der Waals surface area contributed by atoms with Gasteiger partial charge in [-0.05, 0) is 48.5 Å². The molecule has 0 aliphatic carbocycles. The molecule has 0 N–H and O–H groups in total. The molecule has 0 bridgehead atoms. The fraction of sp³-hybridized carbons (Fsp3) is 0.143. The van der Waals surface area contributed by atoms with Gasteiger partial charge in [-0.1, -0.05) is 27.5 Å². The number of halogens is 2. The van der Waals surface area contributed by atoms with E-state index in [2.05, 4.69) is 15.9 Å². The van der Waals surface area contributed by atoms with Crippen molar-refractivity contribution in [1.29, 1.82) is 0 Å². The molecule has 106 valence electrons. The molecule has 0 unspecified atom stereocenters. The van der Waals surface area contributed by atoms with Crippen molar-refractivity contribution in [2.75, 3.05) is 11.5 Å². The van der Waals surface area contributed by atoms with E-state index in [1.54, 1.807) is 36.4 Å². The lowest BCUT2D eigenvalue weighted by molar-refractivity contribution is 0.597. The first-order valence-electron chi connectivity index (χ1n) is 5.84. The molecular weight excluding hydrogens is 380 g/mol. The number of rotatable bonds is 5. The predicted octanol–water partition coefficient (Wildman–Crippen LogP) is 4.67. The van der Waals surface area contributed by atoms with Crippen LogP contribution in [-0.4, -0.2) is 19.9 Å². The van der Waals surface area contributed by atoms with Crippen LogP contribution in [-0.2, 0) is 9.84 Å². The number of sulfone groups is 1. The van der Waals surface area contributed by atoms with Crippen molar-refractivity contribution in [3.05, 3.63) is 58.0 Å². The Labute approximate surface area is 136 Å². The topological polar surface area (TPSA) is 34.1 Å². The SMILES string of the molecule is O=S(=O)(CCSc1ccc(Cl)cc1)c1ccc(Br)cc1. The highest BCUT2D eigenvalue weighted by Gasteiger charge is 2.13. The molecule has 0 aromatic heterocycles. The first-order chi connectivity index (χ1) is 9.47. The van der Waals surface area contributed by atoms with Gasteiger partial charge in [0.2, 0.25) is 0 Å². The summed E-state index contributed by atoms with van der Waals surface area (Å²) in [5.41, 5.74) is 0. The van der Waals surface area contributed by atoms with Crippen molar-refractivity contribution < 1.29 is 8.42 Å². The van der Waals surface area contributed by atoms with E-state index in [4.69, 9.17) is 11.6 Å². The summed E-state index contributed by atoms with van der Waals surface area (Å²) in [5.74, 6) is 0.627. The van der Waals surface area contributed by atoms with Gasteiger partial charge in [-0.25, -0.2) is 8.42 Å². The fourth-order valence-electron chi connectivity index (χ4n) is 1.56. The summed E-state index contributed by atoms with van der Waals surface area (Å²) in [6, 6.07) is 14.1. The van der Waals surface area contributed by atoms with Crippen molar-refractivity contribution in [2.45, 2.75) is 9.79 Å². The molecule has 0 radical (unpaired) electrons. The molecule has 2 rings (SSSR count). The van der Waals surface area contributed by atoms with Gasteiger partial charge >= 0.3 is 0 Å². The van der Waals surface area contributed by atoms with Gasteiger partial charge in [0.1, 0.15) is 0 Å². The standard InChI is InChI=1S/C14H12BrClO2S2/c15-11-1-7-14(8-2-11)20(17,18)10-9-19-13-5-3-12(16)4-6-13/h1-8H,9-10H2. The second kappa shape index (κ2) is 6.98. The number of benzene rings is 2. The summed E-state index contributed by atoms with van der Waals surface area (Å²) in [5, 5.41) is 0.678. The van der Waals surface area contributed by atoms with Crippen molar-refractivity contribution in [1.82, 2.24) is 0 Å². The van der Waals surface area contributed by atoms with Crippen LogP contribution in [0.3, 0.4) is 0 Å². The van der Waals surface area contributed by atoms with Crippen molar-refractivity contribution in [3.63, 3.8) is 0 Å². The Morgan fingerprint density at radius 3 is 2.20 bits per heavy atom. The van der Waals surface area contributed by atoms with E-state index in [1.165, 1.54) is 11.8 Å². The van der Waals surface area contributed by atoms with Gasteiger partial charge < -0.3 is 0 Å². The number of hydrogen-bond acceptors (Lipinski definition) is 3. The van der Waals surface area contributed by atoms with E-state index < -0.39 is 9.84 Å². The van der Waals surface area contributed by atoms with Crippen LogP contribution < -0.4 is 0 Å². The monoisotopic (exact) mass is 390 g/mol. The van der Waals surface area contributed by atoms with Crippen LogP contribution >= 0.6 is 39.3 Å². The maximum absolute atomic E-state index is 12.1. The molecule has 2 aromatic carbocycles. The van der Waals surface area contributed by atoms with Crippen molar-refractivity contribution in [2.24, 2.45) is 0 Å². The molecule has 0 saturated carbocycles. The van der Waals surface area contributed by atoms with Gasteiger partial charge in [0.05, 0.1) is 10.6 Å². The highest BCUT2D eigenvalue weighted by atomic mass is 79.9. The van der Waals surface area contributed by atoms with Crippen LogP contribution in [0.4, 0.5) is 0 Å². The van der Waals surface area contributed by atoms with Crippen LogP contribution in [0.5, 0.6) is 0 Å². The minimum Gasteiger partial charge on any atom is -0.224 e. The maximum atomic E-state index is 12.1. The van der Waals surface area contributed by atoms with E-state index in [0.717, 1.165) is 9.37 Å². The Balaban J connectivity index is 1.96. The van der Waals surface area contributed by atoms with E-state index >= 15 is 0 Å². The summed E-state index contributed by atoms with van der Waals surface area (Å²) in [7, 11) is -3.22. The Morgan fingerprint density at radius 2 is 1.60 bits per heavy atom. The van der Waals surface area contributed by atoms with E-state index in [1.807, 2.05) is 12.1 Å². The average Bonchev–Trinajstić information content (AvgIpc) is 2.41. The van der Waals surface area contributed by atoms with Gasteiger partial charge in [0.25, 0.3) is 0 Å². The molecule has 0 aliphatic heterocycles. The quantitative estimate of drug-likeness (QED) is 0.695. The predicted molar refractivity (Wildman–Crippen MR) is 88.4 cm³/mol. The lowest BCUT2D eigenvalue weighted by Crippen LogP contribution is -2.08. The molecule has 0 saturated heterocycles. The van der Waals surface area contributed by atoms with Gasteiger partial charge in [-0.15, -0.1) is 11.8 Å². The molecular formula is C14H12BrClO2S2. The van der Waals surface area contributed by atoms with Crippen LogP contribution in [0.25, 0.3) is 0 Å². The minimum absolute atomic E-state index is 0.113. The summed E-state index contributed by atoms with van der Waals surface area (Å²) >= 11 is 10.6. The number of thioether (sulfide) groups is 1. The summed E-state index contributed by atoms with van der Waals surface area (Å²) in [4.78, 5) is 1.37. The second-order valence-electron chi connectivity index (χ2n) is 4.08. The van der Waals surface area contributed by atoms with Crippen molar-refractivity contribution >= 4 is 49.1 Å². The summed E-state index contributed by atoms with van der Waals surface area (Å²) in [6.07, 6.45) is 0. The van der Waals surface area contributed by atoms with Gasteiger partial charge in [0.15, 0.2) is 9.84 Å². The fourth-order valence-corrected chi connectivity index (χ4v) is 4.51. The molecule has 2 aromatic rings. The molecule has 0 aliphatic rings. The minimum atomic E-state index is -3.22. The molecule has 0 spiro atoms. The Bertz CT molecular complexity index is 667. The smallest absolute Gasteiger partial charge is 0.179 e. The second-order valence-corrected chi connectivity index (χ2v) is 8.70. The molecule has 0 amide bonds. The van der Waals surface area contributed by atoms with Crippen LogP contribution in [0.2, 0.25) is 5.02 Å². The third kappa shape index (κ3) is 4.52. The molecule has 2 nitrogen and oxygen atoms in total. The molecule has 20 heavy (non-hydrogen) atoms. The van der Waals surface area contributed by atoms with Gasteiger partial charge in [-0.3, -0.25) is 0 Å². The number of hydrogen-bond donors (Lipinski definition) is 0. The van der Waals surface area contributed by atoms with Crippen molar-refractivity contribution in [3.8, 4) is 0 Å². The Morgan fingerprint density at radius 1 is 1.00 bits per heavy atom. The van der Waals surface area contributed by atoms with E-state index in [9.17, 15) is 8.42 Å². The first-order valence-corrected chi connectivity index (χ1v) is 9.65. The Hall–Kier alpha value is -0.490. The highest BCUT2D eigenvalue weighted by molar-refractivity contribution is 9.10. The highest BCUT2D eigenvalue weighted by Crippen LogP contribution is 2.22. The van der Waals surface area contributed by atoms with Crippen LogP contribution in [0, 0.1) is 0 Å². The van der Waals surface area contributed by atoms with E-state index in [0.29, 0.717) is 15.7 Å². The van der Waals surface area contributed by atoms with Gasteiger partial charge in [-0.2, -0.15) is 0 Å².